The van der Waals surface area contributed by atoms with Crippen molar-refractivity contribution >= 4 is 51.8 Å². The van der Waals surface area contributed by atoms with Crippen molar-refractivity contribution in [2.24, 2.45) is 0 Å². The van der Waals surface area contributed by atoms with Crippen LogP contribution in [0.15, 0.2) is 53.9 Å². The maximum absolute atomic E-state index is 12.2. The Morgan fingerprint density at radius 1 is 1.00 bits per heavy atom. The number of carbonyl (C=O) groups is 2. The van der Waals surface area contributed by atoms with Crippen LogP contribution in [-0.2, 0) is 15.3 Å². The largest absolute Gasteiger partial charge is 0.497 e. The molecule has 3 aromatic rings. The van der Waals surface area contributed by atoms with Crippen LogP contribution in [0.3, 0.4) is 0 Å². The van der Waals surface area contributed by atoms with Crippen molar-refractivity contribution in [1.82, 2.24) is 4.98 Å². The molecule has 0 aliphatic carbocycles. The highest BCUT2D eigenvalue weighted by molar-refractivity contribution is 7.99. The molecular weight excluding hydrogens is 474 g/mol. The highest BCUT2D eigenvalue weighted by Crippen LogP contribution is 2.28. The number of hydrogen-bond donors (Lipinski definition) is 2. The van der Waals surface area contributed by atoms with Crippen molar-refractivity contribution in [1.29, 1.82) is 0 Å². The van der Waals surface area contributed by atoms with E-state index in [1.54, 1.807) is 63.8 Å². The van der Waals surface area contributed by atoms with Gasteiger partial charge in [0, 0.05) is 22.9 Å². The van der Waals surface area contributed by atoms with E-state index in [1.165, 1.54) is 29.2 Å². The Hall–Kier alpha value is -3.50. The van der Waals surface area contributed by atoms with Crippen molar-refractivity contribution in [3.63, 3.8) is 0 Å². The number of methoxy groups -OCH3 is 3. The molecule has 0 radical (unpaired) electrons. The van der Waals surface area contributed by atoms with Crippen molar-refractivity contribution < 1.29 is 23.8 Å². The van der Waals surface area contributed by atoms with Crippen LogP contribution in [0.4, 0.5) is 10.8 Å². The van der Waals surface area contributed by atoms with E-state index in [2.05, 4.69) is 15.6 Å². The van der Waals surface area contributed by atoms with Gasteiger partial charge < -0.3 is 19.5 Å². The third kappa shape index (κ3) is 7.53. The lowest BCUT2D eigenvalue weighted by Gasteiger charge is -2.07. The van der Waals surface area contributed by atoms with Crippen LogP contribution >= 0.6 is 23.1 Å². The van der Waals surface area contributed by atoms with E-state index >= 15 is 0 Å². The molecule has 0 unspecified atom stereocenters. The molecule has 2 amide bonds. The molecule has 0 fully saturated rings. The Labute approximate surface area is 206 Å². The fourth-order valence-electron chi connectivity index (χ4n) is 2.83. The van der Waals surface area contributed by atoms with Gasteiger partial charge in [-0.25, -0.2) is 4.98 Å². The minimum atomic E-state index is -0.290. The molecule has 0 aliphatic rings. The lowest BCUT2D eigenvalue weighted by Crippen LogP contribution is -2.14. The fraction of sp³-hybridized carbons (Fsp3) is 0.208. The molecule has 8 nitrogen and oxygen atoms in total. The Balaban J connectivity index is 1.43. The average molecular weight is 500 g/mol. The highest BCUT2D eigenvalue weighted by Gasteiger charge is 2.08. The predicted octanol–water partition coefficient (Wildman–Crippen LogP) is 4.69. The van der Waals surface area contributed by atoms with Gasteiger partial charge in [-0.3, -0.25) is 14.9 Å². The van der Waals surface area contributed by atoms with Gasteiger partial charge in [0.2, 0.25) is 11.8 Å². The third-order valence-electron chi connectivity index (χ3n) is 4.47. The maximum Gasteiger partial charge on any atom is 0.250 e. The van der Waals surface area contributed by atoms with E-state index in [-0.39, 0.29) is 11.8 Å². The van der Waals surface area contributed by atoms with E-state index in [4.69, 9.17) is 14.2 Å². The highest BCUT2D eigenvalue weighted by atomic mass is 32.2. The standard InChI is InChI=1S/C24H25N3O5S2/c1-30-19-8-6-17(7-9-19)25-23(29)15-33-13-18-14-34-24(26-18)27-22(28)11-5-16-4-10-20(31-2)21(12-16)32-3/h4-12,14H,13,15H2,1-3H3,(H,25,29)(H,26,27,28)/b11-5+. The normalized spacial score (nSPS) is 10.7. The number of benzene rings is 2. The average Bonchev–Trinajstić information content (AvgIpc) is 3.29. The molecule has 3 rings (SSSR count). The Bertz CT molecular complexity index is 1150. The summed E-state index contributed by atoms with van der Waals surface area (Å²) in [5.41, 5.74) is 2.31. The summed E-state index contributed by atoms with van der Waals surface area (Å²) in [6.07, 6.45) is 3.11. The number of carbonyl (C=O) groups excluding carboxylic acids is 2. The smallest absolute Gasteiger partial charge is 0.250 e. The van der Waals surface area contributed by atoms with Crippen LogP contribution in [0.1, 0.15) is 11.3 Å². The summed E-state index contributed by atoms with van der Waals surface area (Å²) in [7, 11) is 4.72. The van der Waals surface area contributed by atoms with Crippen molar-refractivity contribution in [3.05, 3.63) is 65.2 Å². The van der Waals surface area contributed by atoms with Gasteiger partial charge >= 0.3 is 0 Å². The van der Waals surface area contributed by atoms with Gasteiger partial charge in [0.15, 0.2) is 16.6 Å². The molecule has 0 bridgehead atoms. The minimum absolute atomic E-state index is 0.0979. The van der Waals surface area contributed by atoms with Crippen LogP contribution in [-0.4, -0.2) is 43.9 Å². The van der Waals surface area contributed by atoms with E-state index in [0.717, 1.165) is 17.0 Å². The van der Waals surface area contributed by atoms with Gasteiger partial charge in [0.1, 0.15) is 5.75 Å². The quantitative estimate of drug-likeness (QED) is 0.369. The molecule has 10 heteroatoms. The molecule has 178 valence electrons. The first-order chi connectivity index (χ1) is 16.5. The Morgan fingerprint density at radius 2 is 1.76 bits per heavy atom. The first kappa shape index (κ1) is 25.1. The molecule has 1 aromatic heterocycles. The van der Waals surface area contributed by atoms with Gasteiger partial charge in [-0.1, -0.05) is 6.07 Å². The molecule has 0 saturated carbocycles. The van der Waals surface area contributed by atoms with Gasteiger partial charge in [0.05, 0.1) is 32.8 Å². The number of nitrogens with one attached hydrogen (secondary N) is 2. The second-order valence-electron chi connectivity index (χ2n) is 6.85. The van der Waals surface area contributed by atoms with Crippen LogP contribution < -0.4 is 24.8 Å². The van der Waals surface area contributed by atoms with Crippen LogP contribution in [0, 0.1) is 0 Å². The van der Waals surface area contributed by atoms with Crippen LogP contribution in [0.5, 0.6) is 17.2 Å². The molecular formula is C24H25N3O5S2. The lowest BCUT2D eigenvalue weighted by molar-refractivity contribution is -0.114. The first-order valence-electron chi connectivity index (χ1n) is 10.2. The second-order valence-corrected chi connectivity index (χ2v) is 8.69. The third-order valence-corrected chi connectivity index (χ3v) is 6.25. The van der Waals surface area contributed by atoms with Crippen molar-refractivity contribution in [2.75, 3.05) is 37.7 Å². The number of thiazole rings is 1. The maximum atomic E-state index is 12.2. The summed E-state index contributed by atoms with van der Waals surface area (Å²) < 4.78 is 15.6. The summed E-state index contributed by atoms with van der Waals surface area (Å²) in [6, 6.07) is 12.5. The minimum Gasteiger partial charge on any atom is -0.497 e. The molecule has 0 aliphatic heterocycles. The van der Waals surface area contributed by atoms with E-state index in [9.17, 15) is 9.59 Å². The SMILES string of the molecule is COc1ccc(NC(=O)CSCc2csc(NC(=O)/C=C/c3ccc(OC)c(OC)c3)n2)cc1. The van der Waals surface area contributed by atoms with Gasteiger partial charge in [0.25, 0.3) is 0 Å². The van der Waals surface area contributed by atoms with Gasteiger partial charge in [-0.05, 0) is 48.0 Å². The number of rotatable bonds is 11. The zero-order chi connectivity index (χ0) is 24.3. The zero-order valence-electron chi connectivity index (χ0n) is 19.0. The zero-order valence-corrected chi connectivity index (χ0v) is 20.6. The molecule has 0 atom stereocenters. The number of ether oxygens (including phenoxy) is 3. The summed E-state index contributed by atoms with van der Waals surface area (Å²) in [5, 5.41) is 7.95. The Morgan fingerprint density at radius 3 is 2.47 bits per heavy atom. The Kier molecular flexibility index (Phi) is 9.36. The number of anilines is 2. The monoisotopic (exact) mass is 499 g/mol. The number of aromatic nitrogens is 1. The molecule has 0 saturated heterocycles. The first-order valence-corrected chi connectivity index (χ1v) is 12.2. The summed E-state index contributed by atoms with van der Waals surface area (Å²) in [6.45, 7) is 0. The van der Waals surface area contributed by atoms with Crippen molar-refractivity contribution in [3.8, 4) is 17.2 Å². The topological polar surface area (TPSA) is 98.8 Å². The number of amides is 2. The van der Waals surface area contributed by atoms with E-state index in [1.807, 2.05) is 11.4 Å². The fourth-order valence-corrected chi connectivity index (χ4v) is 4.36. The summed E-state index contributed by atoms with van der Waals surface area (Å²) in [5.74, 6) is 2.40. The van der Waals surface area contributed by atoms with E-state index in [0.29, 0.717) is 33.8 Å². The van der Waals surface area contributed by atoms with Gasteiger partial charge in [-0.2, -0.15) is 0 Å². The summed E-state index contributed by atoms with van der Waals surface area (Å²) in [4.78, 5) is 28.8. The molecule has 2 N–H and O–H groups in total. The number of thioether (sulfide) groups is 1. The number of hydrogen-bond acceptors (Lipinski definition) is 8. The van der Waals surface area contributed by atoms with Gasteiger partial charge in [-0.15, -0.1) is 23.1 Å². The molecule has 34 heavy (non-hydrogen) atoms. The van der Waals surface area contributed by atoms with Crippen LogP contribution in [0.25, 0.3) is 6.08 Å². The molecule has 2 aromatic carbocycles. The van der Waals surface area contributed by atoms with Crippen molar-refractivity contribution in [2.45, 2.75) is 5.75 Å². The lowest BCUT2D eigenvalue weighted by atomic mass is 10.2. The van der Waals surface area contributed by atoms with Crippen LogP contribution in [0.2, 0.25) is 0 Å². The molecule has 0 spiro atoms. The predicted molar refractivity (Wildman–Crippen MR) is 137 cm³/mol. The second kappa shape index (κ2) is 12.7. The van der Waals surface area contributed by atoms with E-state index < -0.39 is 0 Å². The summed E-state index contributed by atoms with van der Waals surface area (Å²) >= 11 is 2.78. The number of nitrogens with zero attached hydrogens (tertiary/aromatic N) is 1. The molecule has 1 heterocycles.